The van der Waals surface area contributed by atoms with Crippen LogP contribution < -0.4 is 9.64 Å². The van der Waals surface area contributed by atoms with Crippen molar-refractivity contribution in [3.05, 3.63) is 58.6 Å². The molecule has 2 aromatic carbocycles. The molecule has 1 aliphatic rings. The normalized spacial score (nSPS) is 14.6. The summed E-state index contributed by atoms with van der Waals surface area (Å²) >= 11 is 6.12. The average molecular weight is 345 g/mol. The van der Waals surface area contributed by atoms with Crippen molar-refractivity contribution in [2.75, 3.05) is 38.2 Å². The van der Waals surface area contributed by atoms with Crippen LogP contribution in [0.5, 0.6) is 5.75 Å². The smallest absolute Gasteiger partial charge is 0.257 e. The molecule has 1 heterocycles. The second-order valence-electron chi connectivity index (χ2n) is 5.91. The van der Waals surface area contributed by atoms with Gasteiger partial charge in [0.2, 0.25) is 0 Å². The van der Waals surface area contributed by atoms with Crippen LogP contribution in [0, 0.1) is 6.92 Å². The number of amides is 1. The first-order valence-electron chi connectivity index (χ1n) is 8.03. The van der Waals surface area contributed by atoms with E-state index in [0.717, 1.165) is 23.8 Å². The molecular weight excluding hydrogens is 324 g/mol. The summed E-state index contributed by atoms with van der Waals surface area (Å²) in [5.74, 6) is 0.644. The van der Waals surface area contributed by atoms with Gasteiger partial charge in [0, 0.05) is 36.9 Å². The Balaban J connectivity index is 1.71. The molecule has 1 fully saturated rings. The van der Waals surface area contributed by atoms with Gasteiger partial charge in [-0.15, -0.1) is 0 Å². The summed E-state index contributed by atoms with van der Waals surface area (Å²) in [5.41, 5.74) is 2.96. The predicted molar refractivity (Wildman–Crippen MR) is 97.3 cm³/mol. The van der Waals surface area contributed by atoms with Gasteiger partial charge in [-0.3, -0.25) is 4.79 Å². The molecule has 0 saturated carbocycles. The molecule has 3 rings (SSSR count). The standard InChI is InChI=1S/C19H21ClN2O2/c1-14-7-8-15(20)13-17(14)21-9-11-22(12-10-21)19(23)16-5-3-4-6-18(16)24-2/h3-8,13H,9-12H2,1-2H3. The van der Waals surface area contributed by atoms with Crippen LogP contribution in [0.1, 0.15) is 15.9 Å². The molecule has 0 atom stereocenters. The molecule has 4 nitrogen and oxygen atoms in total. The first-order chi connectivity index (χ1) is 11.6. The van der Waals surface area contributed by atoms with Gasteiger partial charge in [-0.1, -0.05) is 29.8 Å². The summed E-state index contributed by atoms with van der Waals surface area (Å²) in [6, 6.07) is 13.3. The summed E-state index contributed by atoms with van der Waals surface area (Å²) in [7, 11) is 1.59. The maximum atomic E-state index is 12.7. The molecule has 0 bridgehead atoms. The minimum atomic E-state index is 0.0231. The van der Waals surface area contributed by atoms with Crippen molar-refractivity contribution in [1.82, 2.24) is 4.90 Å². The number of piperazine rings is 1. The number of para-hydroxylation sites is 1. The zero-order valence-corrected chi connectivity index (χ0v) is 14.7. The van der Waals surface area contributed by atoms with Gasteiger partial charge in [-0.2, -0.15) is 0 Å². The van der Waals surface area contributed by atoms with E-state index in [0.29, 0.717) is 24.4 Å². The van der Waals surface area contributed by atoms with Gasteiger partial charge in [0.1, 0.15) is 5.75 Å². The van der Waals surface area contributed by atoms with Gasteiger partial charge in [0.25, 0.3) is 5.91 Å². The Hall–Kier alpha value is -2.20. The van der Waals surface area contributed by atoms with E-state index in [9.17, 15) is 4.79 Å². The molecule has 5 heteroatoms. The van der Waals surface area contributed by atoms with Gasteiger partial charge < -0.3 is 14.5 Å². The Bertz CT molecular complexity index is 740. The Labute approximate surface area is 147 Å². The number of methoxy groups -OCH3 is 1. The lowest BCUT2D eigenvalue weighted by Crippen LogP contribution is -2.49. The molecule has 1 saturated heterocycles. The van der Waals surface area contributed by atoms with Crippen LogP contribution in [0.15, 0.2) is 42.5 Å². The van der Waals surface area contributed by atoms with E-state index in [2.05, 4.69) is 11.8 Å². The highest BCUT2D eigenvalue weighted by molar-refractivity contribution is 6.30. The second kappa shape index (κ2) is 7.14. The minimum Gasteiger partial charge on any atom is -0.496 e. The summed E-state index contributed by atoms with van der Waals surface area (Å²) < 4.78 is 5.30. The van der Waals surface area contributed by atoms with E-state index in [-0.39, 0.29) is 5.91 Å². The molecule has 0 N–H and O–H groups in total. The molecule has 0 radical (unpaired) electrons. The molecule has 24 heavy (non-hydrogen) atoms. The van der Waals surface area contributed by atoms with Crippen LogP contribution >= 0.6 is 11.6 Å². The highest BCUT2D eigenvalue weighted by atomic mass is 35.5. The van der Waals surface area contributed by atoms with Gasteiger partial charge in [-0.05, 0) is 36.8 Å². The number of nitrogens with zero attached hydrogens (tertiary/aromatic N) is 2. The summed E-state index contributed by atoms with van der Waals surface area (Å²) in [6.07, 6.45) is 0. The summed E-state index contributed by atoms with van der Waals surface area (Å²) in [5, 5.41) is 0.739. The molecule has 0 unspecified atom stereocenters. The van der Waals surface area contributed by atoms with Crippen molar-refractivity contribution in [3.8, 4) is 5.75 Å². The van der Waals surface area contributed by atoms with Gasteiger partial charge in [0.05, 0.1) is 12.7 Å². The lowest BCUT2D eigenvalue weighted by Gasteiger charge is -2.37. The highest BCUT2D eigenvalue weighted by Crippen LogP contribution is 2.26. The van der Waals surface area contributed by atoms with Crippen molar-refractivity contribution in [3.63, 3.8) is 0 Å². The molecule has 1 amide bonds. The third kappa shape index (κ3) is 3.34. The maximum absolute atomic E-state index is 12.7. The molecule has 1 aliphatic heterocycles. The Kier molecular flexibility index (Phi) is 4.95. The Morgan fingerprint density at radius 1 is 1.08 bits per heavy atom. The quantitative estimate of drug-likeness (QED) is 0.852. The predicted octanol–water partition coefficient (Wildman–Crippen LogP) is 3.62. The van der Waals surface area contributed by atoms with Crippen LogP contribution in [0.4, 0.5) is 5.69 Å². The zero-order chi connectivity index (χ0) is 17.1. The number of carbonyl (C=O) groups excluding carboxylic acids is 1. The van der Waals surface area contributed by atoms with Crippen molar-refractivity contribution in [1.29, 1.82) is 0 Å². The number of benzene rings is 2. The summed E-state index contributed by atoms with van der Waals surface area (Å²) in [4.78, 5) is 16.9. The second-order valence-corrected chi connectivity index (χ2v) is 6.35. The average Bonchev–Trinajstić information content (AvgIpc) is 2.63. The van der Waals surface area contributed by atoms with Crippen molar-refractivity contribution in [2.45, 2.75) is 6.92 Å². The van der Waals surface area contributed by atoms with Crippen molar-refractivity contribution < 1.29 is 9.53 Å². The molecule has 2 aromatic rings. The molecular formula is C19H21ClN2O2. The monoisotopic (exact) mass is 344 g/mol. The zero-order valence-electron chi connectivity index (χ0n) is 14.0. The minimum absolute atomic E-state index is 0.0231. The van der Waals surface area contributed by atoms with Gasteiger partial charge in [0.15, 0.2) is 0 Å². The van der Waals surface area contributed by atoms with Crippen LogP contribution in [0.25, 0.3) is 0 Å². The fourth-order valence-electron chi connectivity index (χ4n) is 3.07. The maximum Gasteiger partial charge on any atom is 0.257 e. The molecule has 0 aromatic heterocycles. The number of hydrogen-bond donors (Lipinski definition) is 0. The van der Waals surface area contributed by atoms with Crippen LogP contribution in [0.3, 0.4) is 0 Å². The van der Waals surface area contributed by atoms with Crippen LogP contribution in [-0.4, -0.2) is 44.1 Å². The van der Waals surface area contributed by atoms with Crippen LogP contribution in [-0.2, 0) is 0 Å². The highest BCUT2D eigenvalue weighted by Gasteiger charge is 2.24. The number of rotatable bonds is 3. The van der Waals surface area contributed by atoms with Crippen molar-refractivity contribution >= 4 is 23.2 Å². The number of hydrogen-bond acceptors (Lipinski definition) is 3. The fraction of sp³-hybridized carbons (Fsp3) is 0.316. The topological polar surface area (TPSA) is 32.8 Å². The third-order valence-corrected chi connectivity index (χ3v) is 4.65. The van der Waals surface area contributed by atoms with Gasteiger partial charge >= 0.3 is 0 Å². The Morgan fingerprint density at radius 2 is 1.79 bits per heavy atom. The number of anilines is 1. The number of halogens is 1. The van der Waals surface area contributed by atoms with E-state index in [1.807, 2.05) is 47.4 Å². The SMILES string of the molecule is COc1ccccc1C(=O)N1CCN(c2cc(Cl)ccc2C)CC1. The fourth-order valence-corrected chi connectivity index (χ4v) is 3.23. The van der Waals surface area contributed by atoms with Crippen LogP contribution in [0.2, 0.25) is 5.02 Å². The van der Waals surface area contributed by atoms with Crippen molar-refractivity contribution in [2.24, 2.45) is 0 Å². The van der Waals surface area contributed by atoms with E-state index in [1.165, 1.54) is 5.56 Å². The molecule has 0 spiro atoms. The number of aryl methyl sites for hydroxylation is 1. The largest absolute Gasteiger partial charge is 0.496 e. The number of carbonyl (C=O) groups is 1. The van der Waals surface area contributed by atoms with E-state index >= 15 is 0 Å². The van der Waals surface area contributed by atoms with Gasteiger partial charge in [-0.25, -0.2) is 0 Å². The Morgan fingerprint density at radius 3 is 2.50 bits per heavy atom. The molecule has 0 aliphatic carbocycles. The first kappa shape index (κ1) is 16.7. The van der Waals surface area contributed by atoms with E-state index in [4.69, 9.17) is 16.3 Å². The number of ether oxygens (including phenoxy) is 1. The third-order valence-electron chi connectivity index (χ3n) is 4.42. The molecule has 126 valence electrons. The summed E-state index contributed by atoms with van der Waals surface area (Å²) in [6.45, 7) is 5.04. The van der Waals surface area contributed by atoms with E-state index < -0.39 is 0 Å². The lowest BCUT2D eigenvalue weighted by atomic mass is 10.1. The van der Waals surface area contributed by atoms with E-state index in [1.54, 1.807) is 7.11 Å². The first-order valence-corrected chi connectivity index (χ1v) is 8.41. The lowest BCUT2D eigenvalue weighted by molar-refractivity contribution is 0.0743.